The van der Waals surface area contributed by atoms with Gasteiger partial charge in [-0.3, -0.25) is 0 Å². The fraction of sp³-hybridized carbons (Fsp3) is 0.0455. The van der Waals surface area contributed by atoms with Gasteiger partial charge in [0.05, 0.1) is 21.2 Å². The van der Waals surface area contributed by atoms with Crippen molar-refractivity contribution in [3.8, 4) is 21.7 Å². The molecule has 4 rings (SSSR count). The molecule has 11 heteroatoms. The summed E-state index contributed by atoms with van der Waals surface area (Å²) in [5.41, 5.74) is 1.91. The summed E-state index contributed by atoms with van der Waals surface area (Å²) in [4.78, 5) is 4.80. The summed E-state index contributed by atoms with van der Waals surface area (Å²) in [6.07, 6.45) is 0. The van der Waals surface area contributed by atoms with Crippen molar-refractivity contribution in [1.82, 2.24) is 4.98 Å². The van der Waals surface area contributed by atoms with Gasteiger partial charge in [-0.25, -0.2) is 31.3 Å². The number of rotatable bonds is 6. The maximum Gasteiger partial charge on any atom is 0.238 e. The summed E-state index contributed by atoms with van der Waals surface area (Å²) in [7, 11) is -7.72. The monoisotopic (exact) mass is 522 g/mol. The molecule has 4 aromatic rings. The number of sulfonamides is 1. The van der Waals surface area contributed by atoms with Crippen LogP contribution in [0, 0.1) is 5.82 Å². The number of aromatic nitrogens is 1. The highest BCUT2D eigenvalue weighted by Crippen LogP contribution is 2.39. The Balaban J connectivity index is 1.82. The summed E-state index contributed by atoms with van der Waals surface area (Å²) >= 11 is 6.93. The zero-order valence-corrected chi connectivity index (χ0v) is 20.0. The molecule has 0 atom stereocenters. The van der Waals surface area contributed by atoms with Crippen LogP contribution in [0.4, 0.5) is 4.39 Å². The predicted molar refractivity (Wildman–Crippen MR) is 127 cm³/mol. The highest BCUT2D eigenvalue weighted by molar-refractivity contribution is 7.92. The number of primary sulfonamides is 1. The molecule has 1 aromatic heterocycles. The highest BCUT2D eigenvalue weighted by Gasteiger charge is 2.25. The second-order valence-electron chi connectivity index (χ2n) is 7.12. The molecule has 0 amide bonds. The van der Waals surface area contributed by atoms with Gasteiger partial charge in [0.2, 0.25) is 24.2 Å². The quantitative estimate of drug-likeness (QED) is 0.388. The normalized spacial score (nSPS) is 12.1. The van der Waals surface area contributed by atoms with Gasteiger partial charge in [0.15, 0.2) is 0 Å². The van der Waals surface area contributed by atoms with E-state index in [9.17, 15) is 21.2 Å². The number of hydrogen-bond donors (Lipinski definition) is 1. The Bertz CT molecular complexity index is 1530. The zero-order valence-electron chi connectivity index (χ0n) is 16.8. The van der Waals surface area contributed by atoms with Crippen LogP contribution in [0.3, 0.4) is 0 Å². The van der Waals surface area contributed by atoms with Crippen molar-refractivity contribution in [3.63, 3.8) is 0 Å². The number of nitrogens with two attached hydrogens (primary N) is 1. The van der Waals surface area contributed by atoms with Crippen LogP contribution in [0.1, 0.15) is 5.56 Å². The van der Waals surface area contributed by atoms with Crippen LogP contribution in [0.2, 0.25) is 5.02 Å². The van der Waals surface area contributed by atoms with E-state index in [-0.39, 0.29) is 15.0 Å². The molecule has 0 saturated carbocycles. The second-order valence-corrected chi connectivity index (χ2v) is 12.3. The summed E-state index contributed by atoms with van der Waals surface area (Å²) in [5.74, 6) is -0.732. The van der Waals surface area contributed by atoms with Crippen molar-refractivity contribution < 1.29 is 21.2 Å². The molecular formula is C22H16ClFN2O4S3. The van der Waals surface area contributed by atoms with Crippen LogP contribution in [0.15, 0.2) is 82.0 Å². The van der Waals surface area contributed by atoms with Crippen molar-refractivity contribution in [2.45, 2.75) is 15.0 Å². The number of hydrogen-bond acceptors (Lipinski definition) is 6. The highest BCUT2D eigenvalue weighted by atomic mass is 35.5. The molecule has 3 aromatic carbocycles. The van der Waals surface area contributed by atoms with Crippen LogP contribution >= 0.6 is 22.9 Å². The number of halogens is 2. The van der Waals surface area contributed by atoms with Crippen molar-refractivity contribution >= 4 is 42.8 Å². The van der Waals surface area contributed by atoms with Crippen LogP contribution in [0.5, 0.6) is 0 Å². The first kappa shape index (κ1) is 23.5. The maximum atomic E-state index is 13.5. The lowest BCUT2D eigenvalue weighted by atomic mass is 10.1. The number of thiazole rings is 1. The first-order valence-corrected chi connectivity index (χ1v) is 13.8. The Morgan fingerprint density at radius 3 is 2.15 bits per heavy atom. The minimum Gasteiger partial charge on any atom is -0.225 e. The van der Waals surface area contributed by atoms with Crippen LogP contribution < -0.4 is 5.14 Å². The molecule has 1 heterocycles. The molecule has 0 unspecified atom stereocenters. The number of benzene rings is 3. The molecule has 0 bridgehead atoms. The average molecular weight is 523 g/mol. The van der Waals surface area contributed by atoms with Gasteiger partial charge in [-0.05, 0) is 47.5 Å². The third kappa shape index (κ3) is 5.31. The number of nitrogens with zero attached hydrogens (tertiary/aromatic N) is 1. The molecule has 0 aliphatic heterocycles. The lowest BCUT2D eigenvalue weighted by Crippen LogP contribution is -2.11. The number of sulfone groups is 1. The van der Waals surface area contributed by atoms with Crippen molar-refractivity contribution in [2.24, 2.45) is 5.14 Å². The van der Waals surface area contributed by atoms with E-state index in [1.165, 1.54) is 48.5 Å². The molecule has 0 saturated heterocycles. The molecule has 0 spiro atoms. The maximum absolute atomic E-state index is 13.5. The lowest BCUT2D eigenvalue weighted by molar-refractivity contribution is 0.594. The van der Waals surface area contributed by atoms with E-state index in [0.29, 0.717) is 32.3 Å². The van der Waals surface area contributed by atoms with Crippen LogP contribution in [-0.4, -0.2) is 21.8 Å². The first-order chi connectivity index (χ1) is 15.5. The molecule has 0 aliphatic carbocycles. The van der Waals surface area contributed by atoms with E-state index in [0.717, 1.165) is 11.3 Å². The van der Waals surface area contributed by atoms with Gasteiger partial charge in [0.25, 0.3) is 0 Å². The Kier molecular flexibility index (Phi) is 6.39. The Hall–Kier alpha value is -2.63. The summed E-state index contributed by atoms with van der Waals surface area (Å²) in [5, 5.41) is 5.58. The fourth-order valence-electron chi connectivity index (χ4n) is 3.14. The van der Waals surface area contributed by atoms with Crippen molar-refractivity contribution in [1.29, 1.82) is 0 Å². The molecule has 6 nitrogen and oxygen atoms in total. The topological polar surface area (TPSA) is 107 Å². The van der Waals surface area contributed by atoms with Gasteiger partial charge >= 0.3 is 0 Å². The third-order valence-electron chi connectivity index (χ3n) is 4.68. The van der Waals surface area contributed by atoms with Gasteiger partial charge in [-0.1, -0.05) is 48.0 Å². The van der Waals surface area contributed by atoms with E-state index < -0.39 is 25.7 Å². The summed E-state index contributed by atoms with van der Waals surface area (Å²) < 4.78 is 62.8. The van der Waals surface area contributed by atoms with Gasteiger partial charge in [-0.15, -0.1) is 11.3 Å². The Morgan fingerprint density at radius 1 is 0.909 bits per heavy atom. The summed E-state index contributed by atoms with van der Waals surface area (Å²) in [6, 6.07) is 17.8. The fourth-order valence-corrected chi connectivity index (χ4v) is 6.60. The average Bonchev–Trinajstić information content (AvgIpc) is 3.20. The van der Waals surface area contributed by atoms with Crippen molar-refractivity contribution in [3.05, 3.63) is 89.2 Å². The van der Waals surface area contributed by atoms with E-state index in [1.54, 1.807) is 24.3 Å². The van der Waals surface area contributed by atoms with E-state index in [2.05, 4.69) is 4.98 Å². The van der Waals surface area contributed by atoms with E-state index >= 15 is 0 Å². The molecule has 170 valence electrons. The lowest BCUT2D eigenvalue weighted by Gasteiger charge is -2.04. The third-order valence-corrected chi connectivity index (χ3v) is 9.09. The smallest absolute Gasteiger partial charge is 0.225 e. The van der Waals surface area contributed by atoms with E-state index in [4.69, 9.17) is 16.7 Å². The summed E-state index contributed by atoms with van der Waals surface area (Å²) in [6.45, 7) is 0. The van der Waals surface area contributed by atoms with Crippen LogP contribution in [0.25, 0.3) is 21.7 Å². The molecule has 2 N–H and O–H groups in total. The standard InChI is InChI=1S/C22H16ClFN2O4S3/c23-17-3-1-2-14(12-17)13-32(27,28)22-26-20(15-6-10-19(11-7-15)33(25,29)30)21(31-22)16-4-8-18(24)9-5-16/h1-12H,13H2,(H2,25,29,30). The molecule has 0 fully saturated rings. The second kappa shape index (κ2) is 8.96. The molecule has 33 heavy (non-hydrogen) atoms. The predicted octanol–water partition coefficient (Wildman–Crippen LogP) is 4.89. The van der Waals surface area contributed by atoms with Crippen LogP contribution in [-0.2, 0) is 25.6 Å². The first-order valence-electron chi connectivity index (χ1n) is 9.40. The van der Waals surface area contributed by atoms with E-state index in [1.807, 2.05) is 0 Å². The Labute approximate surface area is 199 Å². The van der Waals surface area contributed by atoms with Gasteiger partial charge in [0.1, 0.15) is 5.82 Å². The Morgan fingerprint density at radius 2 is 1.55 bits per heavy atom. The zero-order chi connectivity index (χ0) is 23.8. The van der Waals surface area contributed by atoms with Gasteiger partial charge < -0.3 is 0 Å². The van der Waals surface area contributed by atoms with Gasteiger partial charge in [0, 0.05) is 10.6 Å². The van der Waals surface area contributed by atoms with Gasteiger partial charge in [-0.2, -0.15) is 0 Å². The molecule has 0 radical (unpaired) electrons. The minimum absolute atomic E-state index is 0.0846. The van der Waals surface area contributed by atoms with Crippen molar-refractivity contribution in [2.75, 3.05) is 0 Å². The molecular weight excluding hydrogens is 507 g/mol. The molecule has 0 aliphatic rings. The minimum atomic E-state index is -3.89. The largest absolute Gasteiger partial charge is 0.238 e. The SMILES string of the molecule is NS(=O)(=O)c1ccc(-c2nc(S(=O)(=O)Cc3cccc(Cl)c3)sc2-c2ccc(F)cc2)cc1.